The molecule has 0 saturated heterocycles. The molecule has 0 saturated carbocycles. The Morgan fingerprint density at radius 1 is 0.196 bits per heavy atom. The molecule has 3 aliphatic heterocycles. The van der Waals surface area contributed by atoms with Crippen LogP contribution in [0.15, 0.2) is 361 Å². The van der Waals surface area contributed by atoms with E-state index in [1.807, 2.05) is 6.07 Å². The number of rotatable bonds is 7. The first-order valence-corrected chi connectivity index (χ1v) is 39.4. The van der Waals surface area contributed by atoms with Crippen LogP contribution in [0.25, 0.3) is 166 Å². The van der Waals surface area contributed by atoms with Crippen LogP contribution in [0.3, 0.4) is 0 Å². The van der Waals surface area contributed by atoms with Gasteiger partial charge in [0.05, 0.1) is 22.1 Å². The minimum absolute atomic E-state index is 0.866. The summed E-state index contributed by atoms with van der Waals surface area (Å²) in [5.74, 6) is 0. The van der Waals surface area contributed by atoms with Crippen LogP contribution in [-0.2, 0) is 0 Å². The molecule has 0 amide bonds. The third kappa shape index (κ3) is 7.48. The molecular weight excluding hydrogens is 1270 g/mol. The van der Waals surface area contributed by atoms with Crippen LogP contribution in [-0.4, -0.2) is 25.3 Å². The number of furan rings is 2. The average molecular weight is 1330 g/mol. The van der Waals surface area contributed by atoms with Gasteiger partial charge in [-0.15, -0.1) is 0 Å². The fourth-order valence-electron chi connectivity index (χ4n) is 19.0. The van der Waals surface area contributed by atoms with Crippen molar-refractivity contribution in [3.63, 3.8) is 0 Å². The molecule has 0 radical (unpaired) electrons. The van der Waals surface area contributed by atoms with Crippen molar-refractivity contribution in [3.8, 4) is 78.1 Å². The van der Waals surface area contributed by atoms with E-state index >= 15 is 0 Å². The maximum atomic E-state index is 7.10. The summed E-state index contributed by atoms with van der Waals surface area (Å²) < 4.78 is 18.4. The van der Waals surface area contributed by atoms with Gasteiger partial charge in [0.25, 0.3) is 0 Å². The fraction of sp³-hybridized carbons (Fsp3) is 0. The topological polar surface area (TPSA) is 36.1 Å². The lowest BCUT2D eigenvalue weighted by Gasteiger charge is -2.31. The SMILES string of the molecule is c1ccc([Si]2(c3ccccc3)c3ccc(-c4ccc5oc6ccccc6c5c4)cc3-c3cc(-c4ccc5oc6c(-c7ccc8c9ccccc9n(-c9ccc%10c(c9)-c9ccccc9[Si]%109c%10ccccc%10-c%10cc(-n%11c%12ccccc%12c%12ccccc%12%11)ccc%109)c8c7)cccc6c5c4)ccc32)cc1. The summed E-state index contributed by atoms with van der Waals surface area (Å²) in [4.78, 5) is 0. The van der Waals surface area contributed by atoms with Gasteiger partial charge in [-0.2, -0.15) is 0 Å². The lowest BCUT2D eigenvalue weighted by molar-refractivity contribution is 0.669. The summed E-state index contributed by atoms with van der Waals surface area (Å²) in [6.45, 7) is 0. The minimum Gasteiger partial charge on any atom is -0.456 e. The van der Waals surface area contributed by atoms with Crippen molar-refractivity contribution in [2.24, 2.45) is 0 Å². The maximum absolute atomic E-state index is 7.10. The van der Waals surface area contributed by atoms with Crippen molar-refractivity contribution in [3.05, 3.63) is 352 Å². The highest BCUT2D eigenvalue weighted by molar-refractivity contribution is 7.24. The van der Waals surface area contributed by atoms with E-state index < -0.39 is 16.1 Å². The summed E-state index contributed by atoms with van der Waals surface area (Å²) in [5, 5.41) is 20.8. The Labute approximate surface area is 589 Å². The average Bonchev–Trinajstić information content (AvgIpc) is 1.52. The van der Waals surface area contributed by atoms with Crippen LogP contribution >= 0.6 is 0 Å². The number of aromatic nitrogens is 2. The van der Waals surface area contributed by atoms with Crippen molar-refractivity contribution in [2.75, 3.05) is 0 Å². The molecule has 472 valence electrons. The molecule has 1 spiro atoms. The van der Waals surface area contributed by atoms with Gasteiger partial charge in [-0.3, -0.25) is 0 Å². The summed E-state index contributed by atoms with van der Waals surface area (Å²) in [5.41, 5.74) is 25.4. The van der Waals surface area contributed by atoms with Gasteiger partial charge in [0, 0.05) is 60.0 Å². The third-order valence-corrected chi connectivity index (χ3v) is 33.1. The zero-order valence-electron chi connectivity index (χ0n) is 55.2. The first kappa shape index (κ1) is 56.1. The molecule has 3 aliphatic rings. The molecule has 0 aliphatic carbocycles. The van der Waals surface area contributed by atoms with Crippen molar-refractivity contribution >= 4 is 145 Å². The van der Waals surface area contributed by atoms with Crippen LogP contribution in [0.4, 0.5) is 0 Å². The van der Waals surface area contributed by atoms with E-state index in [9.17, 15) is 0 Å². The van der Waals surface area contributed by atoms with E-state index in [1.54, 1.807) is 0 Å². The first-order valence-electron chi connectivity index (χ1n) is 35.4. The van der Waals surface area contributed by atoms with Gasteiger partial charge in [-0.05, 0) is 194 Å². The van der Waals surface area contributed by atoms with E-state index in [0.29, 0.717) is 0 Å². The number of hydrogen-bond acceptors (Lipinski definition) is 2. The van der Waals surface area contributed by atoms with Crippen molar-refractivity contribution < 1.29 is 8.83 Å². The van der Waals surface area contributed by atoms with Crippen LogP contribution in [0, 0.1) is 0 Å². The molecule has 4 aromatic heterocycles. The smallest absolute Gasteiger partial charge is 0.182 e. The fourth-order valence-corrected chi connectivity index (χ4v) is 29.7. The largest absolute Gasteiger partial charge is 0.456 e. The van der Waals surface area contributed by atoms with Crippen molar-refractivity contribution in [1.82, 2.24) is 9.13 Å². The summed E-state index contributed by atoms with van der Waals surface area (Å²) in [6, 6.07) is 133. The zero-order valence-corrected chi connectivity index (χ0v) is 57.2. The van der Waals surface area contributed by atoms with Crippen LogP contribution in [0.5, 0.6) is 0 Å². The highest BCUT2D eigenvalue weighted by Gasteiger charge is 2.54. The molecule has 23 rings (SSSR count). The van der Waals surface area contributed by atoms with Gasteiger partial charge in [-0.1, -0.05) is 261 Å². The number of fused-ring (bicyclic) bond motifs is 25. The Morgan fingerprint density at radius 2 is 0.578 bits per heavy atom. The van der Waals surface area contributed by atoms with Gasteiger partial charge < -0.3 is 18.0 Å². The number of hydrogen-bond donors (Lipinski definition) is 0. The molecule has 1 unspecified atom stereocenters. The van der Waals surface area contributed by atoms with E-state index in [-0.39, 0.29) is 0 Å². The molecule has 0 bridgehead atoms. The maximum Gasteiger partial charge on any atom is 0.182 e. The molecule has 20 aromatic rings. The Kier molecular flexibility index (Phi) is 11.5. The van der Waals surface area contributed by atoms with Gasteiger partial charge >= 0.3 is 0 Å². The van der Waals surface area contributed by atoms with E-state index in [2.05, 4.69) is 355 Å². The lowest BCUT2D eigenvalue weighted by atomic mass is 9.95. The van der Waals surface area contributed by atoms with E-state index in [4.69, 9.17) is 8.83 Å². The van der Waals surface area contributed by atoms with E-state index in [1.165, 1.54) is 135 Å². The highest BCUT2D eigenvalue weighted by atomic mass is 28.3. The van der Waals surface area contributed by atoms with Gasteiger partial charge in [0.15, 0.2) is 16.1 Å². The van der Waals surface area contributed by atoms with Gasteiger partial charge in [0.1, 0.15) is 22.3 Å². The molecule has 16 aromatic carbocycles. The van der Waals surface area contributed by atoms with Crippen molar-refractivity contribution in [1.29, 1.82) is 0 Å². The summed E-state index contributed by atoms with van der Waals surface area (Å²) in [7, 11) is -5.59. The Bertz CT molecular complexity index is 6940. The number of benzene rings is 16. The predicted octanol–water partition coefficient (Wildman–Crippen LogP) is 19.4. The molecule has 102 heavy (non-hydrogen) atoms. The van der Waals surface area contributed by atoms with Crippen LogP contribution < -0.4 is 41.5 Å². The molecule has 6 heteroatoms. The van der Waals surface area contributed by atoms with Crippen LogP contribution in [0.1, 0.15) is 0 Å². The third-order valence-electron chi connectivity index (χ3n) is 23.2. The summed E-state index contributed by atoms with van der Waals surface area (Å²) in [6.07, 6.45) is 0. The molecule has 0 fully saturated rings. The molecule has 4 nitrogen and oxygen atoms in total. The Hall–Kier alpha value is -12.8. The minimum atomic E-state index is -2.80. The second kappa shape index (κ2) is 20.9. The Balaban J connectivity index is 0.647. The monoisotopic (exact) mass is 1330 g/mol. The zero-order chi connectivity index (χ0) is 66.5. The van der Waals surface area contributed by atoms with Gasteiger partial charge in [-0.25, -0.2) is 0 Å². The second-order valence-electron chi connectivity index (χ2n) is 28.1. The number of nitrogens with zero attached hydrogens (tertiary/aromatic N) is 2. The quantitative estimate of drug-likeness (QED) is 0.149. The molecule has 0 N–H and O–H groups in total. The highest BCUT2D eigenvalue weighted by Crippen LogP contribution is 2.45. The standard InChI is InChI=1S/C96H58N2O2Si2/c1-3-20-66(21-4-1)101(67-22-5-2-6-23-67)92-48-41-61(59-39-46-88-77(52-59)73-27-10-16-35-87(73)99-88)54-79(92)80-55-62(42-49-93(80)101)60-40-47-89-78(53-60)76-31-19-30-68(96(76)100-89)63-38-45-72-71-26-9-15-34-85(71)98(86(72)56-63)65-44-51-95-82(58-65)75-29-12-18-37-91(75)102(95)90-36-17-11-28-74(90)81-57-64(43-50-94(81)102)97-83-32-13-7-24-69(83)70-25-8-14-33-84(70)97/h1-58H. The van der Waals surface area contributed by atoms with E-state index in [0.717, 1.165) is 71.8 Å². The lowest BCUT2D eigenvalue weighted by Crippen LogP contribution is -2.72. The summed E-state index contributed by atoms with van der Waals surface area (Å²) >= 11 is 0. The normalized spacial score (nSPS) is 14.6. The second-order valence-corrected chi connectivity index (χ2v) is 35.4. The Morgan fingerprint density at radius 3 is 1.16 bits per heavy atom. The first-order chi connectivity index (χ1) is 50.6. The van der Waals surface area contributed by atoms with Crippen molar-refractivity contribution in [2.45, 2.75) is 0 Å². The predicted molar refractivity (Wildman–Crippen MR) is 430 cm³/mol. The molecule has 1 atom stereocenters. The number of para-hydroxylation sites is 5. The molecule has 7 heterocycles. The van der Waals surface area contributed by atoms with Crippen LogP contribution in [0.2, 0.25) is 0 Å². The molecular formula is C96H58N2O2Si2. The van der Waals surface area contributed by atoms with Gasteiger partial charge in [0.2, 0.25) is 0 Å².